The Morgan fingerprint density at radius 2 is 1.95 bits per heavy atom. The number of hydrogen-bond donors (Lipinski definition) is 1. The Bertz CT molecular complexity index is 583. The Kier molecular flexibility index (Phi) is 3.75. The van der Waals surface area contributed by atoms with Crippen LogP contribution in [0, 0.1) is 0 Å². The predicted molar refractivity (Wildman–Crippen MR) is 74.9 cm³/mol. The molecule has 0 radical (unpaired) electrons. The molecule has 2 N–H and O–H groups in total. The normalized spacial score (nSPS) is 10.2. The highest BCUT2D eigenvalue weighted by Gasteiger charge is 2.12. The van der Waals surface area contributed by atoms with Gasteiger partial charge in [0.1, 0.15) is 5.69 Å². The van der Waals surface area contributed by atoms with E-state index in [2.05, 4.69) is 9.97 Å². The summed E-state index contributed by atoms with van der Waals surface area (Å²) in [4.78, 5) is 21.9. The lowest BCUT2D eigenvalue weighted by Gasteiger charge is -2.16. The van der Waals surface area contributed by atoms with Gasteiger partial charge >= 0.3 is 0 Å². The van der Waals surface area contributed by atoms with E-state index in [4.69, 9.17) is 5.73 Å². The van der Waals surface area contributed by atoms with Crippen molar-refractivity contribution in [3.8, 4) is 11.3 Å². The second-order valence-electron chi connectivity index (χ2n) is 4.18. The molecule has 0 aliphatic carbocycles. The number of anilines is 1. The Balaban J connectivity index is 2.55. The first kappa shape index (κ1) is 13.0. The number of primary amides is 1. The van der Waals surface area contributed by atoms with E-state index in [1.807, 2.05) is 49.2 Å². The Hall–Kier alpha value is -2.43. The first-order valence-corrected chi connectivity index (χ1v) is 6.07. The van der Waals surface area contributed by atoms with Gasteiger partial charge in [0.25, 0.3) is 5.91 Å². The minimum absolute atomic E-state index is 0.226. The van der Waals surface area contributed by atoms with Crippen molar-refractivity contribution in [1.29, 1.82) is 0 Å². The van der Waals surface area contributed by atoms with Gasteiger partial charge in [0, 0.05) is 19.2 Å². The molecule has 0 saturated heterocycles. The van der Waals surface area contributed by atoms with E-state index in [0.29, 0.717) is 11.6 Å². The summed E-state index contributed by atoms with van der Waals surface area (Å²) in [5.41, 5.74) is 7.17. The molecule has 0 saturated carbocycles. The van der Waals surface area contributed by atoms with Gasteiger partial charge in [-0.2, -0.15) is 0 Å². The van der Waals surface area contributed by atoms with E-state index in [1.54, 1.807) is 6.07 Å². The maximum absolute atomic E-state index is 11.4. The number of aromatic nitrogens is 2. The van der Waals surface area contributed by atoms with Gasteiger partial charge in [-0.05, 0) is 13.0 Å². The molecule has 5 heteroatoms. The molecule has 2 rings (SSSR count). The van der Waals surface area contributed by atoms with Crippen molar-refractivity contribution in [2.45, 2.75) is 6.92 Å². The van der Waals surface area contributed by atoms with Crippen LogP contribution >= 0.6 is 0 Å². The summed E-state index contributed by atoms with van der Waals surface area (Å²) in [5, 5.41) is 0. The van der Waals surface area contributed by atoms with Crippen LogP contribution in [0.1, 0.15) is 17.4 Å². The maximum Gasteiger partial charge on any atom is 0.267 e. The van der Waals surface area contributed by atoms with Crippen molar-refractivity contribution >= 4 is 11.9 Å². The monoisotopic (exact) mass is 256 g/mol. The molecule has 0 bridgehead atoms. The van der Waals surface area contributed by atoms with Gasteiger partial charge in [-0.3, -0.25) is 4.79 Å². The topological polar surface area (TPSA) is 72.1 Å². The zero-order chi connectivity index (χ0) is 13.8. The molecule has 19 heavy (non-hydrogen) atoms. The van der Waals surface area contributed by atoms with Crippen LogP contribution in [-0.4, -0.2) is 29.5 Å². The summed E-state index contributed by atoms with van der Waals surface area (Å²) < 4.78 is 0. The molecule has 0 aliphatic rings. The van der Waals surface area contributed by atoms with E-state index in [0.717, 1.165) is 12.1 Å². The van der Waals surface area contributed by atoms with Crippen molar-refractivity contribution in [2.24, 2.45) is 5.73 Å². The molecular formula is C14H16N4O. The van der Waals surface area contributed by atoms with Crippen LogP contribution < -0.4 is 10.6 Å². The molecule has 0 fully saturated rings. The largest absolute Gasteiger partial charge is 0.364 e. The molecule has 0 atom stereocenters. The second-order valence-corrected chi connectivity index (χ2v) is 4.18. The minimum atomic E-state index is -0.551. The van der Waals surface area contributed by atoms with E-state index in [1.165, 1.54) is 0 Å². The van der Waals surface area contributed by atoms with Gasteiger partial charge in [-0.25, -0.2) is 9.97 Å². The lowest BCUT2D eigenvalue weighted by molar-refractivity contribution is 0.0995. The first-order valence-electron chi connectivity index (χ1n) is 6.07. The first-order chi connectivity index (χ1) is 9.11. The molecule has 1 amide bonds. The Labute approximate surface area is 112 Å². The van der Waals surface area contributed by atoms with Crippen molar-refractivity contribution in [3.05, 3.63) is 42.1 Å². The van der Waals surface area contributed by atoms with Crippen LogP contribution in [0.25, 0.3) is 11.3 Å². The highest BCUT2D eigenvalue weighted by molar-refractivity contribution is 5.92. The zero-order valence-electron chi connectivity index (χ0n) is 11.0. The fraction of sp³-hybridized carbons (Fsp3) is 0.214. The molecular weight excluding hydrogens is 240 g/mol. The molecule has 2 aromatic rings. The molecule has 1 aromatic carbocycles. The number of benzene rings is 1. The van der Waals surface area contributed by atoms with Gasteiger partial charge in [0.2, 0.25) is 5.95 Å². The summed E-state index contributed by atoms with van der Waals surface area (Å²) in [5.74, 6) is -0.0528. The van der Waals surface area contributed by atoms with Crippen LogP contribution in [0.5, 0.6) is 0 Å². The quantitative estimate of drug-likeness (QED) is 0.903. The van der Waals surface area contributed by atoms with Crippen LogP contribution in [0.4, 0.5) is 5.95 Å². The van der Waals surface area contributed by atoms with Crippen molar-refractivity contribution in [2.75, 3.05) is 18.5 Å². The van der Waals surface area contributed by atoms with Gasteiger partial charge in [0.05, 0.1) is 5.69 Å². The zero-order valence-corrected chi connectivity index (χ0v) is 11.0. The van der Waals surface area contributed by atoms with Crippen LogP contribution in [0.3, 0.4) is 0 Å². The predicted octanol–water partition coefficient (Wildman–Crippen LogP) is 1.70. The summed E-state index contributed by atoms with van der Waals surface area (Å²) >= 11 is 0. The van der Waals surface area contributed by atoms with Crippen LogP contribution in [0.15, 0.2) is 36.4 Å². The summed E-state index contributed by atoms with van der Waals surface area (Å²) in [6.45, 7) is 2.74. The van der Waals surface area contributed by atoms with Gasteiger partial charge in [-0.15, -0.1) is 0 Å². The number of amides is 1. The Morgan fingerprint density at radius 1 is 1.26 bits per heavy atom. The molecule has 1 heterocycles. The van der Waals surface area contributed by atoms with E-state index in [-0.39, 0.29) is 5.69 Å². The van der Waals surface area contributed by atoms with Crippen LogP contribution in [0.2, 0.25) is 0 Å². The number of carbonyl (C=O) groups is 1. The smallest absolute Gasteiger partial charge is 0.267 e. The summed E-state index contributed by atoms with van der Waals surface area (Å²) in [7, 11) is 1.87. The maximum atomic E-state index is 11.4. The molecule has 1 aromatic heterocycles. The Morgan fingerprint density at radius 3 is 2.53 bits per heavy atom. The fourth-order valence-corrected chi connectivity index (χ4v) is 1.63. The lowest BCUT2D eigenvalue weighted by Crippen LogP contribution is -2.22. The van der Waals surface area contributed by atoms with E-state index < -0.39 is 5.91 Å². The third-order valence-corrected chi connectivity index (χ3v) is 2.85. The number of hydrogen-bond acceptors (Lipinski definition) is 4. The third-order valence-electron chi connectivity index (χ3n) is 2.85. The van der Waals surface area contributed by atoms with Crippen molar-refractivity contribution < 1.29 is 4.79 Å². The number of carbonyl (C=O) groups excluding carboxylic acids is 1. The number of nitrogens with zero attached hydrogens (tertiary/aromatic N) is 3. The summed E-state index contributed by atoms with van der Waals surface area (Å²) in [6, 6.07) is 11.3. The minimum Gasteiger partial charge on any atom is -0.364 e. The highest BCUT2D eigenvalue weighted by Crippen LogP contribution is 2.20. The number of rotatable bonds is 4. The molecule has 5 nitrogen and oxygen atoms in total. The second kappa shape index (κ2) is 5.48. The van der Waals surface area contributed by atoms with E-state index in [9.17, 15) is 4.79 Å². The molecule has 0 spiro atoms. The number of nitrogens with two attached hydrogens (primary N) is 1. The summed E-state index contributed by atoms with van der Waals surface area (Å²) in [6.07, 6.45) is 0. The van der Waals surface area contributed by atoms with Gasteiger partial charge in [0.15, 0.2) is 0 Å². The molecule has 98 valence electrons. The van der Waals surface area contributed by atoms with Crippen molar-refractivity contribution in [3.63, 3.8) is 0 Å². The van der Waals surface area contributed by atoms with Crippen LogP contribution in [-0.2, 0) is 0 Å². The van der Waals surface area contributed by atoms with Gasteiger partial charge in [-0.1, -0.05) is 30.3 Å². The van der Waals surface area contributed by atoms with Crippen molar-refractivity contribution in [1.82, 2.24) is 9.97 Å². The average molecular weight is 256 g/mol. The fourth-order valence-electron chi connectivity index (χ4n) is 1.63. The average Bonchev–Trinajstić information content (AvgIpc) is 2.46. The lowest BCUT2D eigenvalue weighted by atomic mass is 10.1. The third kappa shape index (κ3) is 2.88. The highest BCUT2D eigenvalue weighted by atomic mass is 16.1. The molecule has 0 unspecified atom stereocenters. The standard InChI is InChI=1S/C14H16N4O/c1-3-18(2)14-16-11(9-12(17-14)13(15)19)10-7-5-4-6-8-10/h4-9H,3H2,1-2H3,(H2,15,19). The van der Waals surface area contributed by atoms with E-state index >= 15 is 0 Å². The van der Waals surface area contributed by atoms with Gasteiger partial charge < -0.3 is 10.6 Å². The SMILES string of the molecule is CCN(C)c1nc(C(N)=O)cc(-c2ccccc2)n1. The molecule has 0 aliphatic heterocycles.